The summed E-state index contributed by atoms with van der Waals surface area (Å²) in [6.45, 7) is 3.30. The van der Waals surface area contributed by atoms with Crippen LogP contribution in [0.3, 0.4) is 0 Å². The minimum absolute atomic E-state index is 0.159. The lowest BCUT2D eigenvalue weighted by Crippen LogP contribution is -2.21. The molecule has 0 N–H and O–H groups in total. The third-order valence-electron chi connectivity index (χ3n) is 4.62. The Morgan fingerprint density at radius 3 is 2.44 bits per heavy atom. The average Bonchev–Trinajstić information content (AvgIpc) is 3.41. The van der Waals surface area contributed by atoms with Crippen LogP contribution in [0.2, 0.25) is 0 Å². The lowest BCUT2D eigenvalue weighted by molar-refractivity contribution is -0.149. The van der Waals surface area contributed by atoms with E-state index < -0.39 is 5.41 Å². The lowest BCUT2D eigenvalue weighted by atomic mass is 9.97. The quantitative estimate of drug-likeness (QED) is 0.527. The number of rotatable bonds is 8. The Kier molecular flexibility index (Phi) is 5.67. The van der Waals surface area contributed by atoms with E-state index in [2.05, 4.69) is 12.1 Å². The summed E-state index contributed by atoms with van der Waals surface area (Å²) in [6, 6.07) is 20.2. The zero-order valence-electron chi connectivity index (χ0n) is 14.6. The molecule has 0 bridgehead atoms. The topological polar surface area (TPSA) is 35.5 Å². The summed E-state index contributed by atoms with van der Waals surface area (Å²) < 4.78 is 10.8. The molecule has 2 aromatic carbocycles. The van der Waals surface area contributed by atoms with Crippen LogP contribution in [0.25, 0.3) is 6.08 Å². The molecule has 0 amide bonds. The molecule has 0 heterocycles. The van der Waals surface area contributed by atoms with Crippen LogP contribution >= 0.6 is 0 Å². The molecule has 0 saturated heterocycles. The fourth-order valence-corrected chi connectivity index (χ4v) is 3.14. The zero-order valence-corrected chi connectivity index (χ0v) is 14.6. The number of hydrogen-bond acceptors (Lipinski definition) is 3. The number of esters is 1. The summed E-state index contributed by atoms with van der Waals surface area (Å²) in [5.74, 6) is 0.0153. The highest BCUT2D eigenvalue weighted by Gasteiger charge is 2.59. The van der Waals surface area contributed by atoms with Crippen molar-refractivity contribution in [3.63, 3.8) is 0 Å². The molecule has 1 saturated carbocycles. The molecule has 2 atom stereocenters. The van der Waals surface area contributed by atoms with Gasteiger partial charge in [-0.1, -0.05) is 72.8 Å². The van der Waals surface area contributed by atoms with Gasteiger partial charge in [0.1, 0.15) is 6.61 Å². The van der Waals surface area contributed by atoms with Crippen molar-refractivity contribution in [2.45, 2.75) is 19.3 Å². The molecule has 0 aromatic heterocycles. The molecule has 0 spiro atoms. The van der Waals surface area contributed by atoms with E-state index in [0.29, 0.717) is 19.8 Å². The van der Waals surface area contributed by atoms with Gasteiger partial charge in [0.2, 0.25) is 0 Å². The van der Waals surface area contributed by atoms with Crippen LogP contribution in [0.1, 0.15) is 30.4 Å². The van der Waals surface area contributed by atoms with Gasteiger partial charge in [0, 0.05) is 12.5 Å². The largest absolute Gasteiger partial charge is 0.463 e. The van der Waals surface area contributed by atoms with Gasteiger partial charge in [-0.2, -0.15) is 0 Å². The Hall–Kier alpha value is -2.39. The molecule has 1 aliphatic rings. The molecule has 25 heavy (non-hydrogen) atoms. The first-order valence-corrected chi connectivity index (χ1v) is 8.80. The Bertz CT molecular complexity index is 709. The second-order valence-electron chi connectivity index (χ2n) is 6.28. The van der Waals surface area contributed by atoms with Gasteiger partial charge in [-0.05, 0) is 24.5 Å². The van der Waals surface area contributed by atoms with Gasteiger partial charge in [-0.25, -0.2) is 0 Å². The average molecular weight is 336 g/mol. The number of carbonyl (C=O) groups excluding carboxylic acids is 1. The summed E-state index contributed by atoms with van der Waals surface area (Å²) in [4.78, 5) is 12.8. The van der Waals surface area contributed by atoms with Crippen LogP contribution in [0.15, 0.2) is 66.7 Å². The SMILES string of the molecule is CCOCCOC(=O)[C@]1(/C=C/c2ccccc2)C[C@H]1c1ccccc1. The monoisotopic (exact) mass is 336 g/mol. The van der Waals surface area contributed by atoms with E-state index in [-0.39, 0.29) is 11.9 Å². The van der Waals surface area contributed by atoms with Crippen molar-refractivity contribution >= 4 is 12.0 Å². The van der Waals surface area contributed by atoms with E-state index in [0.717, 1.165) is 12.0 Å². The van der Waals surface area contributed by atoms with Crippen molar-refractivity contribution in [1.82, 2.24) is 0 Å². The number of carbonyl (C=O) groups is 1. The van der Waals surface area contributed by atoms with Crippen molar-refractivity contribution in [2.75, 3.05) is 19.8 Å². The van der Waals surface area contributed by atoms with Crippen LogP contribution < -0.4 is 0 Å². The maximum Gasteiger partial charge on any atom is 0.316 e. The first-order valence-electron chi connectivity index (χ1n) is 8.80. The minimum atomic E-state index is -0.566. The highest BCUT2D eigenvalue weighted by atomic mass is 16.6. The van der Waals surface area contributed by atoms with Gasteiger partial charge in [0.05, 0.1) is 12.0 Å². The summed E-state index contributed by atoms with van der Waals surface area (Å²) in [5.41, 5.74) is 1.70. The third kappa shape index (κ3) is 4.18. The van der Waals surface area contributed by atoms with E-state index in [1.165, 1.54) is 5.56 Å². The first-order chi connectivity index (χ1) is 12.3. The molecule has 1 aliphatic carbocycles. The summed E-state index contributed by atoms with van der Waals surface area (Å²) in [7, 11) is 0. The normalized spacial score (nSPS) is 22.0. The Labute approximate surface area is 149 Å². The summed E-state index contributed by atoms with van der Waals surface area (Å²) >= 11 is 0. The Morgan fingerprint density at radius 1 is 1.08 bits per heavy atom. The lowest BCUT2D eigenvalue weighted by Gasteiger charge is -2.13. The van der Waals surface area contributed by atoms with Crippen molar-refractivity contribution in [3.8, 4) is 0 Å². The molecule has 0 aliphatic heterocycles. The molecule has 3 nitrogen and oxygen atoms in total. The number of ether oxygens (including phenoxy) is 2. The number of benzene rings is 2. The van der Waals surface area contributed by atoms with E-state index >= 15 is 0 Å². The van der Waals surface area contributed by atoms with Gasteiger partial charge < -0.3 is 9.47 Å². The second-order valence-corrected chi connectivity index (χ2v) is 6.28. The highest BCUT2D eigenvalue weighted by Crippen LogP contribution is 2.61. The molecule has 0 radical (unpaired) electrons. The standard InChI is InChI=1S/C22H24O3/c1-2-24-15-16-25-21(23)22(14-13-18-9-5-3-6-10-18)17-20(22)19-11-7-4-8-12-19/h3-14,20H,2,15-17H2,1H3/b14-13+/t20-,22+/m0/s1. The smallest absolute Gasteiger partial charge is 0.316 e. The van der Waals surface area contributed by atoms with Gasteiger partial charge in [0.25, 0.3) is 0 Å². The minimum Gasteiger partial charge on any atom is -0.463 e. The predicted octanol–water partition coefficient (Wildman–Crippen LogP) is 4.45. The van der Waals surface area contributed by atoms with Crippen molar-refractivity contribution < 1.29 is 14.3 Å². The van der Waals surface area contributed by atoms with Gasteiger partial charge in [0.15, 0.2) is 0 Å². The Morgan fingerprint density at radius 2 is 1.76 bits per heavy atom. The highest BCUT2D eigenvalue weighted by molar-refractivity contribution is 5.86. The molecule has 3 rings (SSSR count). The second kappa shape index (κ2) is 8.13. The summed E-state index contributed by atoms with van der Waals surface area (Å²) in [5, 5.41) is 0. The van der Waals surface area contributed by atoms with Crippen LogP contribution in [-0.4, -0.2) is 25.8 Å². The van der Waals surface area contributed by atoms with Crippen LogP contribution in [0.5, 0.6) is 0 Å². The molecule has 1 fully saturated rings. The van der Waals surface area contributed by atoms with Gasteiger partial charge in [-0.3, -0.25) is 4.79 Å². The molecular weight excluding hydrogens is 312 g/mol. The van der Waals surface area contributed by atoms with Crippen molar-refractivity contribution in [2.24, 2.45) is 5.41 Å². The number of hydrogen-bond donors (Lipinski definition) is 0. The van der Waals surface area contributed by atoms with Gasteiger partial charge >= 0.3 is 5.97 Å². The van der Waals surface area contributed by atoms with E-state index in [9.17, 15) is 4.79 Å². The van der Waals surface area contributed by atoms with E-state index in [1.54, 1.807) is 0 Å². The molecule has 0 unspecified atom stereocenters. The van der Waals surface area contributed by atoms with E-state index in [4.69, 9.17) is 9.47 Å². The van der Waals surface area contributed by atoms with Crippen molar-refractivity contribution in [3.05, 3.63) is 77.9 Å². The fourth-order valence-electron chi connectivity index (χ4n) is 3.14. The molecule has 2 aromatic rings. The van der Waals surface area contributed by atoms with Crippen LogP contribution in [-0.2, 0) is 14.3 Å². The molecular formula is C22H24O3. The van der Waals surface area contributed by atoms with Crippen LogP contribution in [0.4, 0.5) is 0 Å². The van der Waals surface area contributed by atoms with Crippen molar-refractivity contribution in [1.29, 1.82) is 0 Å². The maximum atomic E-state index is 12.8. The maximum absolute atomic E-state index is 12.8. The zero-order chi connectivity index (χ0) is 17.5. The molecule has 3 heteroatoms. The first kappa shape index (κ1) is 17.4. The predicted molar refractivity (Wildman–Crippen MR) is 99.2 cm³/mol. The van der Waals surface area contributed by atoms with Crippen LogP contribution in [0, 0.1) is 5.41 Å². The summed E-state index contributed by atoms with van der Waals surface area (Å²) in [6.07, 6.45) is 4.82. The Balaban J connectivity index is 1.76. The van der Waals surface area contributed by atoms with E-state index in [1.807, 2.05) is 67.6 Å². The molecule has 130 valence electrons. The third-order valence-corrected chi connectivity index (χ3v) is 4.62. The van der Waals surface area contributed by atoms with Gasteiger partial charge in [-0.15, -0.1) is 0 Å². The fraction of sp³-hybridized carbons (Fsp3) is 0.318.